The van der Waals surface area contributed by atoms with E-state index in [9.17, 15) is 14.9 Å². The maximum absolute atomic E-state index is 12.7. The van der Waals surface area contributed by atoms with Crippen LogP contribution in [0.2, 0.25) is 0 Å². The first kappa shape index (κ1) is 16.7. The topological polar surface area (TPSA) is 84.1 Å². The van der Waals surface area contributed by atoms with Crippen molar-refractivity contribution in [3.8, 4) is 6.07 Å². The predicted molar refractivity (Wildman–Crippen MR) is 85.8 cm³/mol. The molecule has 2 unspecified atom stereocenters. The van der Waals surface area contributed by atoms with Crippen LogP contribution in [0.1, 0.15) is 17.3 Å². The van der Waals surface area contributed by atoms with Crippen LogP contribution in [0.3, 0.4) is 0 Å². The van der Waals surface area contributed by atoms with E-state index < -0.39 is 17.6 Å². The summed E-state index contributed by atoms with van der Waals surface area (Å²) in [5, 5.41) is 12.6. The Morgan fingerprint density at radius 2 is 2.09 bits per heavy atom. The Kier molecular flexibility index (Phi) is 5.14. The molecule has 2 atom stereocenters. The predicted octanol–water partition coefficient (Wildman–Crippen LogP) is 1.65. The second-order valence-corrected chi connectivity index (χ2v) is 5.46. The maximum atomic E-state index is 12.7. The molecule has 1 aromatic carbocycles. The smallest absolute Gasteiger partial charge is 0.245 e. The molecule has 6 nitrogen and oxygen atoms in total. The normalized spacial score (nSPS) is 13.3. The van der Waals surface area contributed by atoms with Crippen LogP contribution in [0.4, 0.5) is 0 Å². The summed E-state index contributed by atoms with van der Waals surface area (Å²) in [5.74, 6) is -2.47. The third kappa shape index (κ3) is 3.41. The number of hydrogen-bond donors (Lipinski definition) is 1. The van der Waals surface area contributed by atoms with Crippen LogP contribution in [0.25, 0.3) is 10.9 Å². The van der Waals surface area contributed by atoms with Crippen molar-refractivity contribution < 1.29 is 14.3 Å². The van der Waals surface area contributed by atoms with Crippen LogP contribution in [0.15, 0.2) is 30.5 Å². The molecule has 0 aliphatic rings. The fraction of sp³-hybridized carbons (Fsp3) is 0.353. The van der Waals surface area contributed by atoms with Gasteiger partial charge < -0.3 is 14.6 Å². The largest absolute Gasteiger partial charge is 0.383 e. The number of ketones is 1. The quantitative estimate of drug-likeness (QED) is 0.649. The molecule has 0 saturated heterocycles. The summed E-state index contributed by atoms with van der Waals surface area (Å²) < 4.78 is 6.75. The van der Waals surface area contributed by atoms with Gasteiger partial charge in [-0.3, -0.25) is 9.59 Å². The molecule has 1 amide bonds. The molecule has 0 fully saturated rings. The molecule has 0 aliphatic carbocycles. The number of aryl methyl sites for hydroxylation is 1. The highest BCUT2D eigenvalue weighted by atomic mass is 16.5. The second kappa shape index (κ2) is 7.07. The van der Waals surface area contributed by atoms with Gasteiger partial charge in [0.1, 0.15) is 0 Å². The van der Waals surface area contributed by atoms with E-state index in [2.05, 4.69) is 5.32 Å². The zero-order valence-electron chi connectivity index (χ0n) is 13.4. The molecule has 23 heavy (non-hydrogen) atoms. The van der Waals surface area contributed by atoms with Gasteiger partial charge in [0.05, 0.1) is 12.7 Å². The van der Waals surface area contributed by atoms with Gasteiger partial charge in [0, 0.05) is 42.9 Å². The SMILES string of the molecule is COCC(C)NC(=O)C(C#N)C(=O)c1cn(C)c2ccccc12. The third-order valence-electron chi connectivity index (χ3n) is 3.62. The van der Waals surface area contributed by atoms with E-state index in [-0.39, 0.29) is 6.04 Å². The minimum Gasteiger partial charge on any atom is -0.383 e. The number of amides is 1. The number of nitrogens with zero attached hydrogens (tertiary/aromatic N) is 2. The lowest BCUT2D eigenvalue weighted by molar-refractivity contribution is -0.123. The molecule has 0 saturated carbocycles. The van der Waals surface area contributed by atoms with Gasteiger partial charge >= 0.3 is 0 Å². The minimum absolute atomic E-state index is 0.274. The molecule has 0 radical (unpaired) electrons. The van der Waals surface area contributed by atoms with Crippen molar-refractivity contribution in [1.82, 2.24) is 9.88 Å². The third-order valence-corrected chi connectivity index (χ3v) is 3.62. The number of aromatic nitrogens is 1. The molecule has 2 aromatic rings. The van der Waals surface area contributed by atoms with Crippen molar-refractivity contribution in [2.24, 2.45) is 13.0 Å². The Balaban J connectivity index is 2.29. The number of ether oxygens (including phenoxy) is 1. The lowest BCUT2D eigenvalue weighted by Gasteiger charge is -2.14. The number of carbonyl (C=O) groups excluding carboxylic acids is 2. The van der Waals surface area contributed by atoms with E-state index in [1.165, 1.54) is 7.11 Å². The molecule has 120 valence electrons. The van der Waals surface area contributed by atoms with Gasteiger partial charge in [0.25, 0.3) is 0 Å². The van der Waals surface area contributed by atoms with E-state index in [1.54, 1.807) is 13.1 Å². The standard InChI is InChI=1S/C17H19N3O3/c1-11(10-23-3)19-17(22)13(8-18)16(21)14-9-20(2)15-7-5-4-6-12(14)15/h4-7,9,11,13H,10H2,1-3H3,(H,19,22). The first-order valence-electron chi connectivity index (χ1n) is 7.26. The van der Waals surface area contributed by atoms with Crippen LogP contribution >= 0.6 is 0 Å². The lowest BCUT2D eigenvalue weighted by Crippen LogP contribution is -2.41. The summed E-state index contributed by atoms with van der Waals surface area (Å²) in [6, 6.07) is 8.92. The first-order valence-corrected chi connectivity index (χ1v) is 7.26. The summed E-state index contributed by atoms with van der Waals surface area (Å²) in [4.78, 5) is 24.9. The van der Waals surface area contributed by atoms with E-state index >= 15 is 0 Å². The highest BCUT2D eigenvalue weighted by Crippen LogP contribution is 2.23. The number of rotatable bonds is 6. The number of nitrogens with one attached hydrogen (secondary N) is 1. The lowest BCUT2D eigenvalue weighted by atomic mass is 9.97. The summed E-state index contributed by atoms with van der Waals surface area (Å²) in [6.07, 6.45) is 1.66. The van der Waals surface area contributed by atoms with Crippen LogP contribution in [-0.4, -0.2) is 36.0 Å². The van der Waals surface area contributed by atoms with Gasteiger partial charge in [-0.25, -0.2) is 0 Å². The van der Waals surface area contributed by atoms with Crippen LogP contribution in [0.5, 0.6) is 0 Å². The van der Waals surface area contributed by atoms with Crippen LogP contribution in [-0.2, 0) is 16.6 Å². The molecule has 0 spiro atoms. The summed E-state index contributed by atoms with van der Waals surface area (Å²) in [5.41, 5.74) is 1.25. The van der Waals surface area contributed by atoms with E-state index in [0.29, 0.717) is 12.2 Å². The molecular weight excluding hydrogens is 294 g/mol. The average molecular weight is 313 g/mol. The summed E-state index contributed by atoms with van der Waals surface area (Å²) in [6.45, 7) is 2.06. The van der Waals surface area contributed by atoms with E-state index in [0.717, 1.165) is 10.9 Å². The summed E-state index contributed by atoms with van der Waals surface area (Å²) >= 11 is 0. The number of hydrogen-bond acceptors (Lipinski definition) is 4. The fourth-order valence-electron chi connectivity index (χ4n) is 2.55. The Labute approximate surface area is 134 Å². The number of benzene rings is 1. The highest BCUT2D eigenvalue weighted by molar-refractivity contribution is 6.17. The van der Waals surface area contributed by atoms with Crippen molar-refractivity contribution in [2.75, 3.05) is 13.7 Å². The van der Waals surface area contributed by atoms with Crippen molar-refractivity contribution >= 4 is 22.6 Å². The van der Waals surface area contributed by atoms with E-state index in [1.807, 2.05) is 41.9 Å². The average Bonchev–Trinajstić information content (AvgIpc) is 2.85. The Morgan fingerprint density at radius 1 is 1.39 bits per heavy atom. The molecular formula is C17H19N3O3. The molecule has 1 N–H and O–H groups in total. The van der Waals surface area contributed by atoms with Crippen molar-refractivity contribution in [3.05, 3.63) is 36.0 Å². The van der Waals surface area contributed by atoms with Gasteiger partial charge in [-0.05, 0) is 13.0 Å². The molecule has 0 bridgehead atoms. The Bertz CT molecular complexity index is 773. The zero-order chi connectivity index (χ0) is 17.0. The summed E-state index contributed by atoms with van der Waals surface area (Å²) in [7, 11) is 3.34. The molecule has 1 heterocycles. The molecule has 6 heteroatoms. The van der Waals surface area contributed by atoms with Crippen molar-refractivity contribution in [1.29, 1.82) is 5.26 Å². The van der Waals surface area contributed by atoms with Crippen molar-refractivity contribution in [2.45, 2.75) is 13.0 Å². The van der Waals surface area contributed by atoms with Gasteiger partial charge in [-0.1, -0.05) is 18.2 Å². The highest BCUT2D eigenvalue weighted by Gasteiger charge is 2.30. The second-order valence-electron chi connectivity index (χ2n) is 5.46. The van der Waals surface area contributed by atoms with Crippen molar-refractivity contribution in [3.63, 3.8) is 0 Å². The number of fused-ring (bicyclic) bond motifs is 1. The Morgan fingerprint density at radius 3 is 2.74 bits per heavy atom. The van der Waals surface area contributed by atoms with Crippen LogP contribution < -0.4 is 5.32 Å². The fourth-order valence-corrected chi connectivity index (χ4v) is 2.55. The number of para-hydroxylation sites is 1. The maximum Gasteiger partial charge on any atom is 0.245 e. The number of Topliss-reactive ketones (excluding diaryl/α,β-unsaturated/α-hetero) is 1. The molecule has 1 aromatic heterocycles. The first-order chi connectivity index (χ1) is 11.0. The monoisotopic (exact) mass is 313 g/mol. The van der Waals surface area contributed by atoms with Crippen LogP contribution in [0, 0.1) is 17.2 Å². The van der Waals surface area contributed by atoms with Gasteiger partial charge in [-0.15, -0.1) is 0 Å². The zero-order valence-corrected chi connectivity index (χ0v) is 13.4. The van der Waals surface area contributed by atoms with E-state index in [4.69, 9.17) is 4.74 Å². The number of carbonyl (C=O) groups is 2. The molecule has 0 aliphatic heterocycles. The number of methoxy groups -OCH3 is 1. The van der Waals surface area contributed by atoms with Gasteiger partial charge in [0.15, 0.2) is 11.7 Å². The Hall–Kier alpha value is -2.65. The molecule has 2 rings (SSSR count). The van der Waals surface area contributed by atoms with Gasteiger partial charge in [-0.2, -0.15) is 5.26 Å². The minimum atomic E-state index is -1.37. The van der Waals surface area contributed by atoms with Gasteiger partial charge in [0.2, 0.25) is 5.91 Å². The number of nitriles is 1.